The van der Waals surface area contributed by atoms with Crippen LogP contribution in [-0.4, -0.2) is 13.4 Å². The number of aldehydes is 1. The Morgan fingerprint density at radius 1 is 1.58 bits per heavy atom. The lowest BCUT2D eigenvalue weighted by atomic mass is 10.2. The van der Waals surface area contributed by atoms with Crippen LogP contribution in [0.15, 0.2) is 12.1 Å². The largest absolute Gasteiger partial charge is 0.494 e. The van der Waals surface area contributed by atoms with Crippen LogP contribution < -0.4 is 4.74 Å². The fraction of sp³-hybridized carbons (Fsp3) is 0.125. The Bertz CT molecular complexity index is 312. The average Bonchev–Trinajstić information content (AvgIpc) is 2.06. The fourth-order valence-corrected chi connectivity index (χ4v) is 1.01. The summed E-state index contributed by atoms with van der Waals surface area (Å²) in [6.45, 7) is 0. The number of carbonyl (C=O) groups excluding carboxylic acids is 1. The maximum Gasteiger partial charge on any atom is 0.177 e. The molecular weight excluding hydrogens is 183 g/mol. The molecule has 1 aromatic carbocycles. The highest BCUT2D eigenvalue weighted by Gasteiger charge is 2.11. The van der Waals surface area contributed by atoms with Gasteiger partial charge in [-0.3, -0.25) is 4.79 Å². The van der Waals surface area contributed by atoms with E-state index in [2.05, 4.69) is 4.74 Å². The number of ether oxygens (including phenoxy) is 1. The Morgan fingerprint density at radius 2 is 2.25 bits per heavy atom. The molecule has 0 N–H and O–H groups in total. The maximum absolute atomic E-state index is 13.1. The second kappa shape index (κ2) is 3.54. The zero-order valence-corrected chi connectivity index (χ0v) is 7.06. The van der Waals surface area contributed by atoms with Crippen LogP contribution in [0.25, 0.3) is 0 Å². The van der Waals surface area contributed by atoms with Crippen LogP contribution in [0.4, 0.5) is 4.39 Å². The van der Waals surface area contributed by atoms with Gasteiger partial charge in [0.05, 0.1) is 17.7 Å². The Balaban J connectivity index is 3.33. The van der Waals surface area contributed by atoms with Gasteiger partial charge in [-0.15, -0.1) is 0 Å². The van der Waals surface area contributed by atoms with E-state index in [1.165, 1.54) is 19.2 Å². The summed E-state index contributed by atoms with van der Waals surface area (Å²) < 4.78 is 17.7. The van der Waals surface area contributed by atoms with Gasteiger partial charge in [-0.2, -0.15) is 0 Å². The van der Waals surface area contributed by atoms with E-state index in [0.29, 0.717) is 6.29 Å². The molecule has 0 fully saturated rings. The summed E-state index contributed by atoms with van der Waals surface area (Å²) in [6.07, 6.45) is 0.361. The van der Waals surface area contributed by atoms with Crippen molar-refractivity contribution in [2.24, 2.45) is 0 Å². The summed E-state index contributed by atoms with van der Waals surface area (Å²) in [5, 5.41) is 0.0864. The van der Waals surface area contributed by atoms with Crippen LogP contribution in [0.5, 0.6) is 5.75 Å². The first-order chi connectivity index (χ1) is 5.70. The second-order valence-corrected chi connectivity index (χ2v) is 2.50. The maximum atomic E-state index is 13.1. The zero-order valence-electron chi connectivity index (χ0n) is 6.30. The van der Waals surface area contributed by atoms with E-state index in [9.17, 15) is 9.18 Å². The van der Waals surface area contributed by atoms with Gasteiger partial charge in [0.1, 0.15) is 0 Å². The minimum Gasteiger partial charge on any atom is -0.494 e. The molecule has 0 saturated heterocycles. The van der Waals surface area contributed by atoms with E-state index in [4.69, 9.17) is 11.6 Å². The molecule has 1 aromatic rings. The minimum atomic E-state index is -0.722. The molecule has 0 aliphatic heterocycles. The van der Waals surface area contributed by atoms with E-state index in [1.807, 2.05) is 0 Å². The molecule has 0 spiro atoms. The van der Waals surface area contributed by atoms with E-state index in [0.717, 1.165) is 0 Å². The first-order valence-corrected chi connectivity index (χ1v) is 3.55. The molecule has 0 aromatic heterocycles. The van der Waals surface area contributed by atoms with Crippen molar-refractivity contribution in [2.75, 3.05) is 7.11 Å². The van der Waals surface area contributed by atoms with Crippen molar-refractivity contribution in [1.82, 2.24) is 0 Å². The molecule has 0 bridgehead atoms. The Kier molecular flexibility index (Phi) is 2.65. The van der Waals surface area contributed by atoms with Gasteiger partial charge < -0.3 is 4.74 Å². The van der Waals surface area contributed by atoms with Gasteiger partial charge in [0, 0.05) is 0 Å². The molecular formula is C8H6ClFO2. The van der Waals surface area contributed by atoms with Gasteiger partial charge in [-0.1, -0.05) is 11.6 Å². The highest BCUT2D eigenvalue weighted by Crippen LogP contribution is 2.25. The van der Waals surface area contributed by atoms with Gasteiger partial charge in [0.2, 0.25) is 0 Å². The quantitative estimate of drug-likeness (QED) is 0.666. The predicted molar refractivity (Wildman–Crippen MR) is 43.3 cm³/mol. The first-order valence-electron chi connectivity index (χ1n) is 3.18. The number of methoxy groups -OCH3 is 1. The third-order valence-corrected chi connectivity index (χ3v) is 1.76. The monoisotopic (exact) mass is 188 g/mol. The molecule has 0 saturated carbocycles. The summed E-state index contributed by atoms with van der Waals surface area (Å²) >= 11 is 5.53. The van der Waals surface area contributed by atoms with Crippen LogP contribution >= 0.6 is 11.6 Å². The van der Waals surface area contributed by atoms with Crippen molar-refractivity contribution in [1.29, 1.82) is 0 Å². The van der Waals surface area contributed by atoms with Crippen molar-refractivity contribution < 1.29 is 13.9 Å². The van der Waals surface area contributed by atoms with E-state index >= 15 is 0 Å². The molecule has 0 amide bonds. The molecule has 2 nitrogen and oxygen atoms in total. The van der Waals surface area contributed by atoms with Gasteiger partial charge in [0.15, 0.2) is 17.9 Å². The van der Waals surface area contributed by atoms with E-state index < -0.39 is 5.82 Å². The second-order valence-electron chi connectivity index (χ2n) is 2.10. The van der Waals surface area contributed by atoms with Gasteiger partial charge in [-0.25, -0.2) is 4.39 Å². The molecule has 0 radical (unpaired) electrons. The van der Waals surface area contributed by atoms with Gasteiger partial charge in [0.25, 0.3) is 0 Å². The molecule has 0 unspecified atom stereocenters. The molecule has 64 valence electrons. The lowest BCUT2D eigenvalue weighted by molar-refractivity contribution is 0.111. The lowest BCUT2D eigenvalue weighted by Gasteiger charge is -2.03. The number of benzene rings is 1. The Morgan fingerprint density at radius 3 is 2.75 bits per heavy atom. The summed E-state index contributed by atoms with van der Waals surface area (Å²) in [5.74, 6) is -0.707. The number of carbonyl (C=O) groups is 1. The fourth-order valence-electron chi connectivity index (χ4n) is 0.815. The SMILES string of the molecule is COc1ccc(Cl)c(C=O)c1F. The van der Waals surface area contributed by atoms with Crippen LogP contribution in [-0.2, 0) is 0 Å². The van der Waals surface area contributed by atoms with Crippen LogP contribution in [0, 0.1) is 5.82 Å². The standard InChI is InChI=1S/C8H6ClFO2/c1-12-7-3-2-6(9)5(4-11)8(7)10/h2-4H,1H3. The molecule has 0 aliphatic carbocycles. The smallest absolute Gasteiger partial charge is 0.177 e. The minimum absolute atomic E-state index is 0.0153. The van der Waals surface area contributed by atoms with Crippen molar-refractivity contribution >= 4 is 17.9 Å². The molecule has 0 heterocycles. The summed E-state index contributed by atoms with van der Waals surface area (Å²) in [5.41, 5.74) is -0.170. The number of rotatable bonds is 2. The van der Waals surface area contributed by atoms with Crippen LogP contribution in [0.1, 0.15) is 10.4 Å². The molecule has 1 rings (SSSR count). The van der Waals surface area contributed by atoms with E-state index in [1.54, 1.807) is 0 Å². The highest BCUT2D eigenvalue weighted by molar-refractivity contribution is 6.33. The zero-order chi connectivity index (χ0) is 9.14. The molecule has 4 heteroatoms. The third kappa shape index (κ3) is 1.41. The van der Waals surface area contributed by atoms with Crippen LogP contribution in [0.3, 0.4) is 0 Å². The van der Waals surface area contributed by atoms with Crippen molar-refractivity contribution in [3.63, 3.8) is 0 Å². The summed E-state index contributed by atoms with van der Waals surface area (Å²) in [4.78, 5) is 10.3. The van der Waals surface area contributed by atoms with Crippen molar-refractivity contribution in [3.05, 3.63) is 28.5 Å². The van der Waals surface area contributed by atoms with Crippen molar-refractivity contribution in [3.8, 4) is 5.75 Å². The Hall–Kier alpha value is -1.09. The predicted octanol–water partition coefficient (Wildman–Crippen LogP) is 2.30. The summed E-state index contributed by atoms with van der Waals surface area (Å²) in [6, 6.07) is 2.78. The highest BCUT2D eigenvalue weighted by atomic mass is 35.5. The first kappa shape index (κ1) is 9.00. The van der Waals surface area contributed by atoms with Gasteiger partial charge >= 0.3 is 0 Å². The molecule has 0 atom stereocenters. The van der Waals surface area contributed by atoms with Crippen LogP contribution in [0.2, 0.25) is 5.02 Å². The van der Waals surface area contributed by atoms with Crippen molar-refractivity contribution in [2.45, 2.75) is 0 Å². The Labute approximate surface area is 73.9 Å². The molecule has 0 aliphatic rings. The van der Waals surface area contributed by atoms with E-state index in [-0.39, 0.29) is 16.3 Å². The van der Waals surface area contributed by atoms with Gasteiger partial charge in [-0.05, 0) is 12.1 Å². The third-order valence-electron chi connectivity index (χ3n) is 1.43. The number of hydrogen-bond donors (Lipinski definition) is 0. The average molecular weight is 189 g/mol. The number of hydrogen-bond acceptors (Lipinski definition) is 2. The topological polar surface area (TPSA) is 26.3 Å². The molecule has 12 heavy (non-hydrogen) atoms. The number of halogens is 2. The normalized spacial score (nSPS) is 9.58. The summed E-state index contributed by atoms with van der Waals surface area (Å²) in [7, 11) is 1.32. The lowest BCUT2D eigenvalue weighted by Crippen LogP contribution is -1.94.